The highest BCUT2D eigenvalue weighted by Gasteiger charge is 2.10. The first-order chi connectivity index (χ1) is 8.60. The second kappa shape index (κ2) is 5.67. The molecule has 1 aromatic heterocycles. The second-order valence-electron chi connectivity index (χ2n) is 4.25. The molecule has 0 saturated carbocycles. The first-order valence-electron chi connectivity index (χ1n) is 5.92. The van der Waals surface area contributed by atoms with Gasteiger partial charge in [0, 0.05) is 15.4 Å². The zero-order valence-electron chi connectivity index (χ0n) is 10.6. The van der Waals surface area contributed by atoms with Crippen LogP contribution < -0.4 is 5.73 Å². The highest BCUT2D eigenvalue weighted by atomic mass is 32.2. The van der Waals surface area contributed by atoms with Crippen LogP contribution in [0, 0.1) is 6.92 Å². The maximum atomic E-state index is 12.3. The molecule has 1 heterocycles. The average Bonchev–Trinajstić information content (AvgIpc) is 2.80. The highest BCUT2D eigenvalue weighted by Crippen LogP contribution is 2.24. The van der Waals surface area contributed by atoms with Crippen molar-refractivity contribution in [2.24, 2.45) is 0 Å². The van der Waals surface area contributed by atoms with Crippen LogP contribution >= 0.6 is 11.3 Å². The number of rotatable bonds is 4. The van der Waals surface area contributed by atoms with Crippen LogP contribution in [0.2, 0.25) is 0 Å². The molecule has 2 rings (SSSR count). The Morgan fingerprint density at radius 2 is 1.94 bits per heavy atom. The second-order valence-corrected chi connectivity index (χ2v) is 6.93. The van der Waals surface area contributed by atoms with Crippen LogP contribution in [0.3, 0.4) is 0 Å². The third kappa shape index (κ3) is 3.00. The number of nitrogens with two attached hydrogens (primary N) is 1. The minimum atomic E-state index is -1.06. The predicted molar refractivity (Wildman–Crippen MR) is 79.4 cm³/mol. The van der Waals surface area contributed by atoms with Gasteiger partial charge in [0.25, 0.3) is 0 Å². The standard InChI is InChI=1S/C14H17NOS2/c1-3-11-5-6-12(17-11)9-18(16)14-8-10(2)4-7-13(14)15/h4-8H,3,9,15H2,1-2H3. The summed E-state index contributed by atoms with van der Waals surface area (Å²) in [5.74, 6) is 0.554. The van der Waals surface area contributed by atoms with Crippen LogP contribution in [0.4, 0.5) is 5.69 Å². The number of hydrogen-bond donors (Lipinski definition) is 1. The lowest BCUT2D eigenvalue weighted by atomic mass is 10.2. The number of hydrogen-bond acceptors (Lipinski definition) is 3. The molecular formula is C14H17NOS2. The van der Waals surface area contributed by atoms with E-state index in [4.69, 9.17) is 5.73 Å². The van der Waals surface area contributed by atoms with Gasteiger partial charge in [0.1, 0.15) is 0 Å². The molecule has 0 aliphatic heterocycles. The Morgan fingerprint density at radius 1 is 1.22 bits per heavy atom. The molecule has 18 heavy (non-hydrogen) atoms. The van der Waals surface area contributed by atoms with Crippen molar-refractivity contribution in [2.45, 2.75) is 30.9 Å². The van der Waals surface area contributed by atoms with Crippen molar-refractivity contribution < 1.29 is 4.21 Å². The van der Waals surface area contributed by atoms with Crippen molar-refractivity contribution in [3.05, 3.63) is 45.6 Å². The molecule has 0 bridgehead atoms. The van der Waals surface area contributed by atoms with Crippen molar-refractivity contribution in [1.82, 2.24) is 0 Å². The van der Waals surface area contributed by atoms with Crippen LogP contribution in [0.5, 0.6) is 0 Å². The van der Waals surface area contributed by atoms with Gasteiger partial charge >= 0.3 is 0 Å². The molecule has 1 unspecified atom stereocenters. The number of benzene rings is 1. The molecule has 0 spiro atoms. The van der Waals surface area contributed by atoms with Gasteiger partial charge in [-0.25, -0.2) is 0 Å². The molecule has 2 aromatic rings. The van der Waals surface area contributed by atoms with Crippen LogP contribution in [-0.2, 0) is 23.0 Å². The number of aryl methyl sites for hydroxylation is 2. The van der Waals surface area contributed by atoms with Gasteiger partial charge in [-0.2, -0.15) is 0 Å². The van der Waals surface area contributed by atoms with Gasteiger partial charge in [0.05, 0.1) is 21.4 Å². The van der Waals surface area contributed by atoms with Gasteiger partial charge in [-0.05, 0) is 43.2 Å². The monoisotopic (exact) mass is 279 g/mol. The van der Waals surface area contributed by atoms with Crippen LogP contribution in [-0.4, -0.2) is 4.21 Å². The van der Waals surface area contributed by atoms with E-state index >= 15 is 0 Å². The van der Waals surface area contributed by atoms with Crippen molar-refractivity contribution >= 4 is 27.8 Å². The van der Waals surface area contributed by atoms with E-state index in [-0.39, 0.29) is 0 Å². The zero-order valence-corrected chi connectivity index (χ0v) is 12.2. The summed E-state index contributed by atoms with van der Waals surface area (Å²) in [6.07, 6.45) is 1.03. The molecule has 2 nitrogen and oxygen atoms in total. The molecule has 1 atom stereocenters. The maximum absolute atomic E-state index is 12.3. The Kier molecular flexibility index (Phi) is 4.19. The Bertz CT molecular complexity index is 575. The van der Waals surface area contributed by atoms with Gasteiger partial charge in [0.2, 0.25) is 0 Å². The molecule has 0 radical (unpaired) electrons. The van der Waals surface area contributed by atoms with Gasteiger partial charge in [-0.1, -0.05) is 13.0 Å². The molecule has 0 amide bonds. The lowest BCUT2D eigenvalue weighted by Gasteiger charge is -2.06. The van der Waals surface area contributed by atoms with E-state index < -0.39 is 10.8 Å². The van der Waals surface area contributed by atoms with E-state index in [1.54, 1.807) is 11.3 Å². The van der Waals surface area contributed by atoms with Crippen molar-refractivity contribution in [2.75, 3.05) is 5.73 Å². The SMILES string of the molecule is CCc1ccc(CS(=O)c2cc(C)ccc2N)s1. The average molecular weight is 279 g/mol. The lowest BCUT2D eigenvalue weighted by molar-refractivity contribution is 0.683. The molecule has 0 saturated heterocycles. The lowest BCUT2D eigenvalue weighted by Crippen LogP contribution is -2.00. The van der Waals surface area contributed by atoms with E-state index in [0.29, 0.717) is 11.4 Å². The minimum Gasteiger partial charge on any atom is -0.398 e. The molecule has 2 N–H and O–H groups in total. The number of anilines is 1. The first kappa shape index (κ1) is 13.3. The summed E-state index contributed by atoms with van der Waals surface area (Å²) in [5.41, 5.74) is 7.59. The maximum Gasteiger partial charge on any atom is 0.0627 e. The van der Waals surface area contributed by atoms with Crippen molar-refractivity contribution in [3.63, 3.8) is 0 Å². The summed E-state index contributed by atoms with van der Waals surface area (Å²) < 4.78 is 12.3. The fraction of sp³-hybridized carbons (Fsp3) is 0.286. The van der Waals surface area contributed by atoms with E-state index in [1.165, 1.54) is 4.88 Å². The molecular weight excluding hydrogens is 262 g/mol. The minimum absolute atomic E-state index is 0.554. The third-order valence-corrected chi connectivity index (χ3v) is 5.58. The molecule has 0 aliphatic carbocycles. The van der Waals surface area contributed by atoms with E-state index in [0.717, 1.165) is 21.8 Å². The summed E-state index contributed by atoms with van der Waals surface area (Å²) in [5, 5.41) is 0. The van der Waals surface area contributed by atoms with Gasteiger partial charge in [-0.3, -0.25) is 4.21 Å². The molecule has 4 heteroatoms. The predicted octanol–water partition coefficient (Wildman–Crippen LogP) is 3.51. The Balaban J connectivity index is 2.19. The smallest absolute Gasteiger partial charge is 0.0627 e. The first-order valence-corrected chi connectivity index (χ1v) is 8.05. The highest BCUT2D eigenvalue weighted by molar-refractivity contribution is 7.84. The van der Waals surface area contributed by atoms with E-state index in [1.807, 2.05) is 25.1 Å². The Labute approximate surface area is 114 Å². The largest absolute Gasteiger partial charge is 0.398 e. The zero-order chi connectivity index (χ0) is 13.1. The van der Waals surface area contributed by atoms with Gasteiger partial charge in [-0.15, -0.1) is 11.3 Å². The summed E-state index contributed by atoms with van der Waals surface area (Å²) >= 11 is 1.73. The van der Waals surface area contributed by atoms with E-state index in [2.05, 4.69) is 19.1 Å². The van der Waals surface area contributed by atoms with Gasteiger partial charge < -0.3 is 5.73 Å². The van der Waals surface area contributed by atoms with E-state index in [9.17, 15) is 4.21 Å². The number of thiophene rings is 1. The summed E-state index contributed by atoms with van der Waals surface area (Å²) in [6.45, 7) is 4.12. The topological polar surface area (TPSA) is 43.1 Å². The van der Waals surface area contributed by atoms with Gasteiger partial charge in [0.15, 0.2) is 0 Å². The molecule has 0 fully saturated rings. The summed E-state index contributed by atoms with van der Waals surface area (Å²) in [6, 6.07) is 9.86. The fourth-order valence-electron chi connectivity index (χ4n) is 1.74. The Hall–Kier alpha value is -1.13. The molecule has 96 valence electrons. The van der Waals surface area contributed by atoms with Crippen molar-refractivity contribution in [3.8, 4) is 0 Å². The fourth-order valence-corrected chi connectivity index (χ4v) is 4.20. The number of nitrogen functional groups attached to an aromatic ring is 1. The quantitative estimate of drug-likeness (QED) is 0.870. The van der Waals surface area contributed by atoms with Crippen LogP contribution in [0.1, 0.15) is 22.2 Å². The van der Waals surface area contributed by atoms with Crippen molar-refractivity contribution in [1.29, 1.82) is 0 Å². The van der Waals surface area contributed by atoms with Crippen LogP contribution in [0.15, 0.2) is 35.2 Å². The molecule has 1 aromatic carbocycles. The summed E-state index contributed by atoms with van der Waals surface area (Å²) in [4.78, 5) is 3.24. The Morgan fingerprint density at radius 3 is 2.61 bits per heavy atom. The molecule has 0 aliphatic rings. The summed E-state index contributed by atoms with van der Waals surface area (Å²) in [7, 11) is -1.06. The third-order valence-electron chi connectivity index (χ3n) is 2.75. The van der Waals surface area contributed by atoms with Crippen LogP contribution in [0.25, 0.3) is 0 Å². The normalized spacial score (nSPS) is 12.6.